The van der Waals surface area contributed by atoms with Gasteiger partial charge >= 0.3 is 5.97 Å². The van der Waals surface area contributed by atoms with Gasteiger partial charge in [-0.1, -0.05) is 30.3 Å². The van der Waals surface area contributed by atoms with Crippen LogP contribution >= 0.6 is 0 Å². The molecule has 16 heavy (non-hydrogen) atoms. The van der Waals surface area contributed by atoms with E-state index in [-0.39, 0.29) is 5.97 Å². The third-order valence-corrected chi connectivity index (χ3v) is 2.07. The van der Waals surface area contributed by atoms with Gasteiger partial charge in [-0.2, -0.15) is 0 Å². The van der Waals surface area contributed by atoms with Crippen molar-refractivity contribution in [2.75, 3.05) is 13.7 Å². The Kier molecular flexibility index (Phi) is 6.22. The lowest BCUT2D eigenvalue weighted by Crippen LogP contribution is -2.17. The molecule has 1 N–H and O–H groups in total. The standard InChI is InChI=1S/C12H17NO3/c1-15-12(14)8-5-9-13-16-10-11-6-3-2-4-7-11/h2-4,6-7,13H,5,8-10H2,1H3. The molecule has 1 aromatic carbocycles. The van der Waals surface area contributed by atoms with Crippen molar-refractivity contribution >= 4 is 5.97 Å². The second-order valence-electron chi connectivity index (χ2n) is 3.35. The predicted octanol–water partition coefficient (Wildman–Crippen LogP) is 1.66. The summed E-state index contributed by atoms with van der Waals surface area (Å²) in [5, 5.41) is 0. The van der Waals surface area contributed by atoms with Gasteiger partial charge in [0, 0.05) is 13.0 Å². The molecule has 0 heterocycles. The van der Waals surface area contributed by atoms with Crippen LogP contribution in [0.4, 0.5) is 0 Å². The van der Waals surface area contributed by atoms with E-state index >= 15 is 0 Å². The van der Waals surface area contributed by atoms with E-state index in [4.69, 9.17) is 4.84 Å². The monoisotopic (exact) mass is 223 g/mol. The number of benzene rings is 1. The van der Waals surface area contributed by atoms with E-state index in [2.05, 4.69) is 10.2 Å². The van der Waals surface area contributed by atoms with Crippen molar-refractivity contribution in [1.82, 2.24) is 5.48 Å². The van der Waals surface area contributed by atoms with Gasteiger partial charge in [0.1, 0.15) is 0 Å². The van der Waals surface area contributed by atoms with Gasteiger partial charge in [-0.05, 0) is 12.0 Å². The van der Waals surface area contributed by atoms with Gasteiger partial charge in [-0.15, -0.1) is 0 Å². The van der Waals surface area contributed by atoms with Crippen molar-refractivity contribution in [3.05, 3.63) is 35.9 Å². The Hall–Kier alpha value is -1.39. The average molecular weight is 223 g/mol. The molecule has 0 unspecified atom stereocenters. The van der Waals surface area contributed by atoms with Crippen molar-refractivity contribution in [2.24, 2.45) is 0 Å². The molecule has 0 amide bonds. The van der Waals surface area contributed by atoms with Gasteiger partial charge in [0.25, 0.3) is 0 Å². The number of carbonyl (C=O) groups is 1. The summed E-state index contributed by atoms with van der Waals surface area (Å²) in [6.07, 6.45) is 1.12. The lowest BCUT2D eigenvalue weighted by atomic mass is 10.2. The fraction of sp³-hybridized carbons (Fsp3) is 0.417. The topological polar surface area (TPSA) is 47.6 Å². The van der Waals surface area contributed by atoms with Crippen LogP contribution in [0.3, 0.4) is 0 Å². The molecule has 0 radical (unpaired) electrons. The maximum atomic E-state index is 10.8. The summed E-state index contributed by atoms with van der Waals surface area (Å²) in [4.78, 5) is 16.0. The fourth-order valence-corrected chi connectivity index (χ4v) is 1.19. The highest BCUT2D eigenvalue weighted by Crippen LogP contribution is 1.99. The summed E-state index contributed by atoms with van der Waals surface area (Å²) in [5.74, 6) is -0.190. The molecule has 0 aliphatic rings. The van der Waals surface area contributed by atoms with Crippen LogP contribution in [-0.4, -0.2) is 19.6 Å². The molecule has 0 aliphatic carbocycles. The minimum absolute atomic E-state index is 0.190. The van der Waals surface area contributed by atoms with E-state index in [0.29, 0.717) is 26.0 Å². The highest BCUT2D eigenvalue weighted by molar-refractivity contribution is 5.68. The fourth-order valence-electron chi connectivity index (χ4n) is 1.19. The lowest BCUT2D eigenvalue weighted by Gasteiger charge is -2.05. The lowest BCUT2D eigenvalue weighted by molar-refractivity contribution is -0.140. The summed E-state index contributed by atoms with van der Waals surface area (Å²) >= 11 is 0. The SMILES string of the molecule is COC(=O)CCCNOCc1ccccc1. The molecule has 4 nitrogen and oxygen atoms in total. The first-order valence-electron chi connectivity index (χ1n) is 5.28. The average Bonchev–Trinajstić information content (AvgIpc) is 2.34. The molecule has 0 fully saturated rings. The third kappa shape index (κ3) is 5.48. The number of carbonyl (C=O) groups excluding carboxylic acids is 1. The molecule has 0 saturated heterocycles. The first kappa shape index (κ1) is 12.7. The number of rotatable bonds is 7. The number of methoxy groups -OCH3 is 1. The van der Waals surface area contributed by atoms with Crippen LogP contribution in [0.15, 0.2) is 30.3 Å². The van der Waals surface area contributed by atoms with E-state index < -0.39 is 0 Å². The Morgan fingerprint density at radius 2 is 2.06 bits per heavy atom. The van der Waals surface area contributed by atoms with Crippen molar-refractivity contribution in [3.8, 4) is 0 Å². The van der Waals surface area contributed by atoms with Crippen molar-refractivity contribution in [2.45, 2.75) is 19.4 Å². The van der Waals surface area contributed by atoms with Gasteiger partial charge in [0.15, 0.2) is 0 Å². The van der Waals surface area contributed by atoms with Crippen LogP contribution in [0.5, 0.6) is 0 Å². The maximum absolute atomic E-state index is 10.8. The second kappa shape index (κ2) is 7.84. The largest absolute Gasteiger partial charge is 0.469 e. The van der Waals surface area contributed by atoms with Crippen LogP contribution in [-0.2, 0) is 21.0 Å². The van der Waals surface area contributed by atoms with E-state index in [0.717, 1.165) is 5.56 Å². The molecule has 0 bridgehead atoms. The van der Waals surface area contributed by atoms with Crippen LogP contribution < -0.4 is 5.48 Å². The maximum Gasteiger partial charge on any atom is 0.305 e. The third-order valence-electron chi connectivity index (χ3n) is 2.07. The summed E-state index contributed by atoms with van der Waals surface area (Å²) < 4.78 is 4.52. The zero-order valence-electron chi connectivity index (χ0n) is 9.44. The minimum Gasteiger partial charge on any atom is -0.469 e. The van der Waals surface area contributed by atoms with E-state index in [9.17, 15) is 4.79 Å². The first-order valence-corrected chi connectivity index (χ1v) is 5.28. The van der Waals surface area contributed by atoms with Crippen LogP contribution in [0.2, 0.25) is 0 Å². The van der Waals surface area contributed by atoms with Gasteiger partial charge in [-0.3, -0.25) is 9.63 Å². The van der Waals surface area contributed by atoms with Gasteiger partial charge in [0.2, 0.25) is 0 Å². The van der Waals surface area contributed by atoms with Crippen LogP contribution in [0, 0.1) is 0 Å². The minimum atomic E-state index is -0.190. The summed E-state index contributed by atoms with van der Waals surface area (Å²) in [6, 6.07) is 9.89. The number of hydroxylamine groups is 1. The van der Waals surface area contributed by atoms with Crippen molar-refractivity contribution in [1.29, 1.82) is 0 Å². The Bertz CT molecular complexity index is 300. The number of esters is 1. The second-order valence-corrected chi connectivity index (χ2v) is 3.35. The number of nitrogens with one attached hydrogen (secondary N) is 1. The first-order chi connectivity index (χ1) is 7.83. The molecule has 0 saturated carbocycles. The van der Waals surface area contributed by atoms with E-state index in [1.807, 2.05) is 30.3 Å². The van der Waals surface area contributed by atoms with Crippen LogP contribution in [0.1, 0.15) is 18.4 Å². The highest BCUT2D eigenvalue weighted by Gasteiger charge is 1.98. The molecule has 88 valence electrons. The Balaban J connectivity index is 1.98. The molecule has 0 atom stereocenters. The van der Waals surface area contributed by atoms with Crippen LogP contribution in [0.25, 0.3) is 0 Å². The Labute approximate surface area is 95.5 Å². The highest BCUT2D eigenvalue weighted by atomic mass is 16.6. The quantitative estimate of drug-likeness (QED) is 0.434. The number of hydrogen-bond acceptors (Lipinski definition) is 4. The van der Waals surface area contributed by atoms with E-state index in [1.54, 1.807) is 0 Å². The molecule has 0 aromatic heterocycles. The zero-order chi connectivity index (χ0) is 11.6. The summed E-state index contributed by atoms with van der Waals surface area (Å²) in [7, 11) is 1.39. The van der Waals surface area contributed by atoms with Crippen molar-refractivity contribution in [3.63, 3.8) is 0 Å². The molecule has 1 aromatic rings. The smallest absolute Gasteiger partial charge is 0.305 e. The molecule has 0 spiro atoms. The Morgan fingerprint density at radius 3 is 2.75 bits per heavy atom. The molecule has 4 heteroatoms. The molecular weight excluding hydrogens is 206 g/mol. The van der Waals surface area contributed by atoms with Gasteiger partial charge in [-0.25, -0.2) is 5.48 Å². The van der Waals surface area contributed by atoms with Crippen molar-refractivity contribution < 1.29 is 14.4 Å². The zero-order valence-corrected chi connectivity index (χ0v) is 9.44. The normalized spacial score (nSPS) is 10.1. The van der Waals surface area contributed by atoms with Gasteiger partial charge in [0.05, 0.1) is 13.7 Å². The summed E-state index contributed by atoms with van der Waals surface area (Å²) in [5.41, 5.74) is 3.92. The summed E-state index contributed by atoms with van der Waals surface area (Å²) in [6.45, 7) is 1.17. The predicted molar refractivity (Wildman–Crippen MR) is 60.5 cm³/mol. The number of ether oxygens (including phenoxy) is 1. The van der Waals surface area contributed by atoms with E-state index in [1.165, 1.54) is 7.11 Å². The number of hydrogen-bond donors (Lipinski definition) is 1. The van der Waals surface area contributed by atoms with Gasteiger partial charge < -0.3 is 4.74 Å². The molecule has 0 aliphatic heterocycles. The molecular formula is C12H17NO3. The Morgan fingerprint density at radius 1 is 1.31 bits per heavy atom. The molecule has 1 rings (SSSR count).